The van der Waals surface area contributed by atoms with Crippen molar-refractivity contribution in [1.29, 1.82) is 0 Å². The molecule has 0 fully saturated rings. The van der Waals surface area contributed by atoms with Gasteiger partial charge in [0.25, 0.3) is 0 Å². The van der Waals surface area contributed by atoms with Gasteiger partial charge in [-0.25, -0.2) is 9.97 Å². The Labute approximate surface area is 584 Å². The maximum atomic E-state index is 6.08. The minimum absolute atomic E-state index is 0.783. The van der Waals surface area contributed by atoms with E-state index in [1.807, 2.05) is 0 Å². The second kappa shape index (κ2) is 21.8. The minimum atomic E-state index is 0.783. The highest BCUT2D eigenvalue weighted by Crippen LogP contribution is 2.44. The first-order valence-corrected chi connectivity index (χ1v) is 34.9. The maximum absolute atomic E-state index is 6.08. The van der Waals surface area contributed by atoms with Crippen LogP contribution in [0, 0.1) is 0 Å². The normalized spacial score (nSPS) is 12.1. The van der Waals surface area contributed by atoms with E-state index >= 15 is 0 Å². The summed E-state index contributed by atoms with van der Waals surface area (Å²) in [5, 5.41) is 14.2. The summed E-state index contributed by atoms with van der Waals surface area (Å²) in [7, 11) is 0. The fraction of sp³-hybridized carbons (Fsp3) is 0. The molecule has 0 aliphatic carbocycles. The number of pyridine rings is 2. The van der Waals surface area contributed by atoms with E-state index in [-0.39, 0.29) is 0 Å². The van der Waals surface area contributed by atoms with Gasteiger partial charge < -0.3 is 18.3 Å². The van der Waals surface area contributed by atoms with Crippen LogP contribution in [0.4, 0.5) is 0 Å². The molecule has 22 aromatic rings. The molecule has 0 bridgehead atoms. The molecule has 8 heteroatoms. The van der Waals surface area contributed by atoms with Gasteiger partial charge in [0, 0.05) is 98.5 Å². The first-order valence-electron chi connectivity index (χ1n) is 34.9. The number of hydrogen-bond donors (Lipinski definition) is 0. The summed E-state index contributed by atoms with van der Waals surface area (Å²) in [4.78, 5) is 11.4. The van der Waals surface area contributed by atoms with Gasteiger partial charge in [-0.1, -0.05) is 200 Å². The van der Waals surface area contributed by atoms with Crippen LogP contribution in [0.3, 0.4) is 0 Å². The van der Waals surface area contributed by atoms with Crippen LogP contribution >= 0.6 is 0 Å². The van der Waals surface area contributed by atoms with Gasteiger partial charge in [-0.2, -0.15) is 0 Å². The Morgan fingerprint density at radius 1 is 0.147 bits per heavy atom. The molecule has 8 aromatic heterocycles. The van der Waals surface area contributed by atoms with Crippen molar-refractivity contribution >= 4 is 131 Å². The van der Waals surface area contributed by atoms with Crippen molar-refractivity contribution in [3.8, 4) is 68.0 Å². The molecule has 0 saturated heterocycles. The smallest absolute Gasteiger partial charge is 0.140 e. The lowest BCUT2D eigenvalue weighted by atomic mass is 10.0. The van der Waals surface area contributed by atoms with Crippen molar-refractivity contribution in [2.24, 2.45) is 0 Å². The number of fused-ring (bicyclic) bond motifs is 18. The summed E-state index contributed by atoms with van der Waals surface area (Å²) in [5.74, 6) is 1.57. The number of benzene rings is 14. The summed E-state index contributed by atoms with van der Waals surface area (Å²) in [6.45, 7) is 0. The van der Waals surface area contributed by atoms with E-state index in [1.165, 1.54) is 43.1 Å². The highest BCUT2D eigenvalue weighted by Gasteiger charge is 2.25. The van der Waals surface area contributed by atoms with Gasteiger partial charge in [0.1, 0.15) is 11.6 Å². The molecular weight excluding hydrogens is 1240 g/mol. The second-order valence-corrected chi connectivity index (χ2v) is 26.9. The van der Waals surface area contributed by atoms with E-state index in [0.29, 0.717) is 0 Å². The fourth-order valence-electron chi connectivity index (χ4n) is 17.0. The van der Waals surface area contributed by atoms with E-state index < -0.39 is 0 Å². The summed E-state index contributed by atoms with van der Waals surface area (Å²) in [5.41, 5.74) is 23.7. The zero-order valence-electron chi connectivity index (χ0n) is 55.1. The molecule has 0 unspecified atom stereocenters. The van der Waals surface area contributed by atoms with Crippen LogP contribution in [0.15, 0.2) is 352 Å². The third-order valence-electron chi connectivity index (χ3n) is 21.4. The highest BCUT2D eigenvalue weighted by molar-refractivity contribution is 6.17. The van der Waals surface area contributed by atoms with Crippen LogP contribution in [-0.2, 0) is 0 Å². The van der Waals surface area contributed by atoms with Gasteiger partial charge in [0.2, 0.25) is 0 Å². The monoisotopic (exact) mass is 1300 g/mol. The molecule has 0 aliphatic rings. The molecule has 0 N–H and O–H groups in total. The molecule has 8 nitrogen and oxygen atoms in total. The molecule has 14 aromatic carbocycles. The number of aromatic nitrogens is 8. The van der Waals surface area contributed by atoms with Crippen molar-refractivity contribution in [3.63, 3.8) is 0 Å². The lowest BCUT2D eigenvalue weighted by Gasteiger charge is -2.16. The maximum Gasteiger partial charge on any atom is 0.140 e. The van der Waals surface area contributed by atoms with E-state index in [1.54, 1.807) is 0 Å². The second-order valence-electron chi connectivity index (χ2n) is 26.9. The summed E-state index contributed by atoms with van der Waals surface area (Å²) >= 11 is 0. The molecule has 8 heterocycles. The molecule has 102 heavy (non-hydrogen) atoms. The summed E-state index contributed by atoms with van der Waals surface area (Å²) < 4.78 is 14.5. The lowest BCUT2D eigenvalue weighted by molar-refractivity contribution is 1.01. The lowest BCUT2D eigenvalue weighted by Crippen LogP contribution is -2.05. The van der Waals surface area contributed by atoms with Crippen LogP contribution in [0.25, 0.3) is 199 Å². The molecule has 0 atom stereocenters. The number of rotatable bonds is 9. The zero-order valence-corrected chi connectivity index (χ0v) is 55.1. The van der Waals surface area contributed by atoms with Gasteiger partial charge in [-0.15, -0.1) is 0 Å². The third-order valence-corrected chi connectivity index (χ3v) is 21.4. The minimum Gasteiger partial charge on any atom is -0.309 e. The van der Waals surface area contributed by atoms with Crippen LogP contribution in [0.5, 0.6) is 0 Å². The first-order chi connectivity index (χ1) is 50.6. The number of hydrogen-bond acceptors (Lipinski definition) is 2. The third kappa shape index (κ3) is 8.32. The molecule has 0 amide bonds. The SMILES string of the molecule is c1ccc(-c2cccc(-c3cccc(-c4cc(-n5c6ccc(-n7c8ccccc8c8ccccc87)cc6c6cc(-n7c8ccccc8c8ccccc87)ccc65)nc(-n5c6ccc(-n7c8ccccc8c8ccccc87)cc6c6cc(-n7c8ccccc8c8ccccc87)ccc65)c4)c3)n2)cc1. The Morgan fingerprint density at radius 3 is 0.725 bits per heavy atom. The Kier molecular flexibility index (Phi) is 12.0. The number of para-hydroxylation sites is 8. The molecular formula is C94H58N8. The van der Waals surface area contributed by atoms with Crippen LogP contribution in [0.1, 0.15) is 0 Å². The molecule has 0 saturated carbocycles. The van der Waals surface area contributed by atoms with Crippen molar-refractivity contribution in [1.82, 2.24) is 37.4 Å². The van der Waals surface area contributed by atoms with Gasteiger partial charge in [-0.3, -0.25) is 9.13 Å². The van der Waals surface area contributed by atoms with Crippen LogP contribution in [-0.4, -0.2) is 37.4 Å². The molecule has 0 spiro atoms. The average Bonchev–Trinajstić information content (AvgIpc) is 1.56. The molecule has 0 aliphatic heterocycles. The van der Waals surface area contributed by atoms with Crippen LogP contribution < -0.4 is 0 Å². The number of nitrogens with zero attached hydrogens (tertiary/aromatic N) is 8. The Balaban J connectivity index is 0.828. The highest BCUT2D eigenvalue weighted by atomic mass is 15.1. The van der Waals surface area contributed by atoms with Crippen molar-refractivity contribution in [2.75, 3.05) is 0 Å². The van der Waals surface area contributed by atoms with Gasteiger partial charge >= 0.3 is 0 Å². The Bertz CT molecular complexity index is 6350. The van der Waals surface area contributed by atoms with Crippen molar-refractivity contribution in [2.45, 2.75) is 0 Å². The van der Waals surface area contributed by atoms with E-state index in [2.05, 4.69) is 379 Å². The van der Waals surface area contributed by atoms with Gasteiger partial charge in [-0.05, 0) is 163 Å². The summed E-state index contributed by atoms with van der Waals surface area (Å²) in [6.07, 6.45) is 0. The Hall–Kier alpha value is -13.8. The van der Waals surface area contributed by atoms with E-state index in [0.717, 1.165) is 156 Å². The van der Waals surface area contributed by atoms with E-state index in [4.69, 9.17) is 9.97 Å². The average molecular weight is 1300 g/mol. The predicted molar refractivity (Wildman–Crippen MR) is 424 cm³/mol. The van der Waals surface area contributed by atoms with Gasteiger partial charge in [0.15, 0.2) is 0 Å². The molecule has 22 rings (SSSR count). The molecule has 0 radical (unpaired) electrons. The standard InChI is InChI=1S/C94H58N8/c1-2-22-59(23-3-1)79-34-21-35-80(95-79)61-25-20-24-60(52-61)62-53-93(101-89-48-44-63(97-81-36-12-4-26-67(81)68-27-5-13-37-82(68)97)55-75(89)76-56-64(45-49-90(76)101)98-83-38-14-6-28-69(83)70-29-7-15-39-84(70)98)96-94(54-62)102-91-50-46-65(99-85-40-16-8-30-71(85)72-31-9-17-41-86(72)99)57-77(91)78-58-66(47-51-92(78)102)100-87-42-18-10-32-73(87)74-33-11-19-43-88(74)100/h1-58H. The zero-order chi connectivity index (χ0) is 66.7. The topological polar surface area (TPSA) is 55.4 Å². The largest absolute Gasteiger partial charge is 0.309 e. The summed E-state index contributed by atoms with van der Waals surface area (Å²) in [6, 6.07) is 129. The van der Waals surface area contributed by atoms with Crippen molar-refractivity contribution < 1.29 is 0 Å². The molecule has 474 valence electrons. The Morgan fingerprint density at radius 2 is 0.402 bits per heavy atom. The fourth-order valence-corrected chi connectivity index (χ4v) is 17.0. The van der Waals surface area contributed by atoms with Gasteiger partial charge in [0.05, 0.1) is 77.6 Å². The first kappa shape index (κ1) is 56.2. The predicted octanol–water partition coefficient (Wildman–Crippen LogP) is 24.1. The van der Waals surface area contributed by atoms with Crippen LogP contribution in [0.2, 0.25) is 0 Å². The van der Waals surface area contributed by atoms with Crippen molar-refractivity contribution in [3.05, 3.63) is 352 Å². The quantitative estimate of drug-likeness (QED) is 0.145. The van der Waals surface area contributed by atoms with E-state index in [9.17, 15) is 0 Å².